The zero-order valence-electron chi connectivity index (χ0n) is 7.80. The molecule has 82 valence electrons. The number of primary amides is 1. The van der Waals surface area contributed by atoms with Crippen molar-refractivity contribution in [3.05, 3.63) is 29.0 Å². The van der Waals surface area contributed by atoms with E-state index in [1.165, 1.54) is 18.5 Å². The van der Waals surface area contributed by atoms with Crippen LogP contribution in [0, 0.1) is 0 Å². The van der Waals surface area contributed by atoms with E-state index < -0.39 is 18.1 Å². The predicted octanol–water partition coefficient (Wildman–Crippen LogP) is 0.00470. The fourth-order valence-electron chi connectivity index (χ4n) is 1.15. The van der Waals surface area contributed by atoms with Gasteiger partial charge in [-0.3, -0.25) is 9.78 Å². The fourth-order valence-corrected chi connectivity index (χ4v) is 1.38. The van der Waals surface area contributed by atoms with Crippen molar-refractivity contribution in [1.29, 1.82) is 0 Å². The van der Waals surface area contributed by atoms with Crippen LogP contribution in [0.5, 0.6) is 0 Å². The molecule has 0 aliphatic carbocycles. The van der Waals surface area contributed by atoms with Crippen LogP contribution in [0.3, 0.4) is 0 Å². The minimum atomic E-state index is -1.26. The van der Waals surface area contributed by atoms with Crippen molar-refractivity contribution in [2.75, 3.05) is 0 Å². The van der Waals surface area contributed by atoms with E-state index in [0.29, 0.717) is 5.56 Å². The van der Waals surface area contributed by atoms with Gasteiger partial charge in [0.1, 0.15) is 6.10 Å². The van der Waals surface area contributed by atoms with Gasteiger partial charge in [-0.1, -0.05) is 11.6 Å². The Kier molecular flexibility index (Phi) is 4.02. The largest absolute Gasteiger partial charge is 0.390 e. The summed E-state index contributed by atoms with van der Waals surface area (Å²) in [5, 5.41) is 19.3. The summed E-state index contributed by atoms with van der Waals surface area (Å²) in [4.78, 5) is 14.3. The van der Waals surface area contributed by atoms with Crippen LogP contribution in [0.1, 0.15) is 18.1 Å². The van der Waals surface area contributed by atoms with E-state index in [4.69, 9.17) is 17.3 Å². The molecule has 0 fully saturated rings. The first kappa shape index (κ1) is 11.9. The predicted molar refractivity (Wildman–Crippen MR) is 54.0 cm³/mol. The highest BCUT2D eigenvalue weighted by Crippen LogP contribution is 2.25. The monoisotopic (exact) mass is 230 g/mol. The summed E-state index contributed by atoms with van der Waals surface area (Å²) < 4.78 is 0. The molecule has 1 aromatic heterocycles. The first-order chi connectivity index (χ1) is 7.02. The van der Waals surface area contributed by atoms with Gasteiger partial charge < -0.3 is 15.9 Å². The highest BCUT2D eigenvalue weighted by Gasteiger charge is 2.22. The highest BCUT2D eigenvalue weighted by atomic mass is 35.5. The number of rotatable bonds is 4. The quantitative estimate of drug-likeness (QED) is 0.679. The zero-order chi connectivity index (χ0) is 11.4. The molecule has 0 saturated heterocycles. The third kappa shape index (κ3) is 3.16. The Hall–Kier alpha value is -1.17. The number of hydrogen-bond donors (Lipinski definition) is 3. The van der Waals surface area contributed by atoms with E-state index in [1.807, 2.05) is 0 Å². The number of hydrogen-bond acceptors (Lipinski definition) is 4. The summed E-state index contributed by atoms with van der Waals surface area (Å²) in [5.41, 5.74) is 5.21. The maximum atomic E-state index is 10.5. The molecule has 1 heterocycles. The Bertz CT molecular complexity index is 359. The van der Waals surface area contributed by atoms with Crippen molar-refractivity contribution in [3.63, 3.8) is 0 Å². The van der Waals surface area contributed by atoms with Gasteiger partial charge in [0, 0.05) is 18.0 Å². The summed E-state index contributed by atoms with van der Waals surface area (Å²) >= 11 is 5.75. The number of nitrogens with two attached hydrogens (primary N) is 1. The Morgan fingerprint density at radius 3 is 2.80 bits per heavy atom. The molecular weight excluding hydrogens is 220 g/mol. The van der Waals surface area contributed by atoms with E-state index in [-0.39, 0.29) is 11.4 Å². The van der Waals surface area contributed by atoms with E-state index in [9.17, 15) is 15.0 Å². The lowest BCUT2D eigenvalue weighted by Crippen LogP contribution is -2.25. The second-order valence-corrected chi connectivity index (χ2v) is 3.49. The van der Waals surface area contributed by atoms with Crippen LogP contribution in [-0.4, -0.2) is 27.2 Å². The molecular formula is C9H11ClN2O3. The first-order valence-electron chi connectivity index (χ1n) is 4.26. The Morgan fingerprint density at radius 2 is 2.27 bits per heavy atom. The average Bonchev–Trinajstić information content (AvgIpc) is 2.16. The Labute approximate surface area is 91.5 Å². The number of aliphatic hydroxyl groups is 2. The minimum absolute atomic E-state index is 0.230. The van der Waals surface area contributed by atoms with Crippen LogP contribution in [-0.2, 0) is 4.79 Å². The second kappa shape index (κ2) is 5.06. The van der Waals surface area contributed by atoms with Crippen LogP contribution < -0.4 is 5.73 Å². The summed E-state index contributed by atoms with van der Waals surface area (Å²) in [7, 11) is 0. The lowest BCUT2D eigenvalue weighted by molar-refractivity contribution is -0.121. The topological polar surface area (TPSA) is 96.4 Å². The van der Waals surface area contributed by atoms with Crippen molar-refractivity contribution in [3.8, 4) is 0 Å². The molecule has 1 amide bonds. The number of carbonyl (C=O) groups is 1. The van der Waals surface area contributed by atoms with Crippen molar-refractivity contribution in [2.24, 2.45) is 5.73 Å². The van der Waals surface area contributed by atoms with Gasteiger partial charge in [0.2, 0.25) is 5.91 Å². The number of halogens is 1. The first-order valence-corrected chi connectivity index (χ1v) is 4.64. The molecule has 0 radical (unpaired) electrons. The van der Waals surface area contributed by atoms with Gasteiger partial charge in [0.15, 0.2) is 0 Å². The Balaban J connectivity index is 2.80. The van der Waals surface area contributed by atoms with Crippen LogP contribution in [0.4, 0.5) is 0 Å². The molecule has 5 nitrogen and oxygen atoms in total. The molecule has 0 aromatic carbocycles. The summed E-state index contributed by atoms with van der Waals surface area (Å²) in [6.07, 6.45) is -0.0476. The highest BCUT2D eigenvalue weighted by molar-refractivity contribution is 6.31. The van der Waals surface area contributed by atoms with Gasteiger partial charge in [-0.25, -0.2) is 0 Å². The van der Waals surface area contributed by atoms with E-state index in [0.717, 1.165) is 0 Å². The Morgan fingerprint density at radius 1 is 1.60 bits per heavy atom. The molecule has 0 saturated carbocycles. The fraction of sp³-hybridized carbons (Fsp3) is 0.333. The number of amides is 1. The van der Waals surface area contributed by atoms with Gasteiger partial charge in [0.25, 0.3) is 0 Å². The molecule has 2 unspecified atom stereocenters. The van der Waals surface area contributed by atoms with Gasteiger partial charge in [-0.2, -0.15) is 0 Å². The van der Waals surface area contributed by atoms with Crippen molar-refractivity contribution < 1.29 is 15.0 Å². The van der Waals surface area contributed by atoms with Gasteiger partial charge >= 0.3 is 0 Å². The summed E-state index contributed by atoms with van der Waals surface area (Å²) in [6.45, 7) is 0. The summed E-state index contributed by atoms with van der Waals surface area (Å²) in [6, 6.07) is 1.47. The number of aromatic nitrogens is 1. The molecule has 0 bridgehead atoms. The van der Waals surface area contributed by atoms with E-state index in [1.54, 1.807) is 0 Å². The SMILES string of the molecule is NC(=O)CC(O)C(O)c1ccncc1Cl. The van der Waals surface area contributed by atoms with Crippen molar-refractivity contribution in [1.82, 2.24) is 4.98 Å². The molecule has 0 aliphatic heterocycles. The third-order valence-electron chi connectivity index (χ3n) is 1.90. The third-order valence-corrected chi connectivity index (χ3v) is 2.21. The maximum Gasteiger partial charge on any atom is 0.220 e. The lowest BCUT2D eigenvalue weighted by atomic mass is 10.0. The maximum absolute atomic E-state index is 10.5. The number of pyridine rings is 1. The molecule has 0 spiro atoms. The van der Waals surface area contributed by atoms with Crippen LogP contribution >= 0.6 is 11.6 Å². The van der Waals surface area contributed by atoms with Crippen LogP contribution in [0.15, 0.2) is 18.5 Å². The summed E-state index contributed by atoms with van der Waals surface area (Å²) in [5.74, 6) is -0.688. The lowest BCUT2D eigenvalue weighted by Gasteiger charge is -2.17. The number of carbonyl (C=O) groups excluding carboxylic acids is 1. The molecule has 0 aliphatic rings. The smallest absolute Gasteiger partial charge is 0.220 e. The van der Waals surface area contributed by atoms with E-state index >= 15 is 0 Å². The van der Waals surface area contributed by atoms with Gasteiger partial charge in [-0.15, -0.1) is 0 Å². The molecule has 1 rings (SSSR count). The minimum Gasteiger partial charge on any atom is -0.390 e. The molecule has 1 aromatic rings. The van der Waals surface area contributed by atoms with Gasteiger partial charge in [0.05, 0.1) is 17.5 Å². The van der Waals surface area contributed by atoms with Crippen molar-refractivity contribution >= 4 is 17.5 Å². The molecule has 2 atom stereocenters. The molecule has 4 N–H and O–H groups in total. The standard InChI is InChI=1S/C9H11ClN2O3/c10-6-4-12-2-1-5(6)9(15)7(13)3-8(11)14/h1-2,4,7,9,13,15H,3H2,(H2,11,14). The van der Waals surface area contributed by atoms with Crippen LogP contribution in [0.2, 0.25) is 5.02 Å². The number of nitrogens with zero attached hydrogens (tertiary/aromatic N) is 1. The normalized spacial score (nSPS) is 14.6. The molecule has 15 heavy (non-hydrogen) atoms. The second-order valence-electron chi connectivity index (χ2n) is 3.08. The van der Waals surface area contributed by atoms with E-state index in [2.05, 4.69) is 4.98 Å². The number of aliphatic hydroxyl groups excluding tert-OH is 2. The zero-order valence-corrected chi connectivity index (χ0v) is 8.55. The van der Waals surface area contributed by atoms with Crippen molar-refractivity contribution in [2.45, 2.75) is 18.6 Å². The molecule has 6 heteroatoms. The van der Waals surface area contributed by atoms with Gasteiger partial charge in [-0.05, 0) is 6.07 Å². The average molecular weight is 231 g/mol. The van der Waals surface area contributed by atoms with Crippen LogP contribution in [0.25, 0.3) is 0 Å².